The molecule has 1 N–H and O–H groups in total. The van der Waals surface area contributed by atoms with Gasteiger partial charge >= 0.3 is 0 Å². The van der Waals surface area contributed by atoms with Gasteiger partial charge in [-0.3, -0.25) is 0 Å². The second kappa shape index (κ2) is 5.98. The van der Waals surface area contributed by atoms with Crippen LogP contribution in [-0.4, -0.2) is 0 Å². The fraction of sp³-hybridized carbons (Fsp3) is 0.250. The number of hydrogen-bond donors (Lipinski definition) is 1. The molecule has 0 aliphatic carbocycles. The maximum atomic E-state index is 6.29. The van der Waals surface area contributed by atoms with Crippen LogP contribution in [0.2, 0.25) is 5.02 Å². The summed E-state index contributed by atoms with van der Waals surface area (Å²) in [5.74, 6) is 0. The van der Waals surface area contributed by atoms with Crippen LogP contribution < -0.4 is 5.32 Å². The Kier molecular flexibility index (Phi) is 4.54. The van der Waals surface area contributed by atoms with Crippen molar-refractivity contribution < 1.29 is 0 Å². The van der Waals surface area contributed by atoms with Crippen molar-refractivity contribution in [3.8, 4) is 0 Å². The molecule has 2 aromatic rings. The Morgan fingerprint density at radius 1 is 1.16 bits per heavy atom. The number of aryl methyl sites for hydroxylation is 1. The van der Waals surface area contributed by atoms with Crippen LogP contribution in [-0.2, 0) is 0 Å². The van der Waals surface area contributed by atoms with Gasteiger partial charge in [-0.05, 0) is 55.7 Å². The molecule has 1 unspecified atom stereocenters. The van der Waals surface area contributed by atoms with Gasteiger partial charge in [0.2, 0.25) is 0 Å². The molecule has 19 heavy (non-hydrogen) atoms. The molecule has 3 heteroatoms. The SMILES string of the molecule is Cc1cccc(NC(C)c2ccc(Br)cc2Cl)c1C. The summed E-state index contributed by atoms with van der Waals surface area (Å²) in [5.41, 5.74) is 4.83. The molecular weight excluding hydrogens is 322 g/mol. The minimum absolute atomic E-state index is 0.168. The summed E-state index contributed by atoms with van der Waals surface area (Å²) in [6.07, 6.45) is 0. The molecule has 0 saturated carbocycles. The lowest BCUT2D eigenvalue weighted by Gasteiger charge is -2.19. The van der Waals surface area contributed by atoms with E-state index in [1.165, 1.54) is 11.1 Å². The van der Waals surface area contributed by atoms with E-state index in [4.69, 9.17) is 11.6 Å². The van der Waals surface area contributed by atoms with E-state index >= 15 is 0 Å². The molecule has 0 spiro atoms. The highest BCUT2D eigenvalue weighted by Crippen LogP contribution is 2.30. The fourth-order valence-electron chi connectivity index (χ4n) is 2.07. The quantitative estimate of drug-likeness (QED) is 0.735. The summed E-state index contributed by atoms with van der Waals surface area (Å²) >= 11 is 9.72. The largest absolute Gasteiger partial charge is 0.378 e. The van der Waals surface area contributed by atoms with Crippen LogP contribution in [0.15, 0.2) is 40.9 Å². The van der Waals surface area contributed by atoms with Gasteiger partial charge in [-0.2, -0.15) is 0 Å². The predicted octanol–water partition coefficient (Wildman–Crippen LogP) is 5.89. The molecule has 0 saturated heterocycles. The van der Waals surface area contributed by atoms with E-state index < -0.39 is 0 Å². The van der Waals surface area contributed by atoms with Gasteiger partial charge in [0.05, 0.1) is 6.04 Å². The zero-order valence-electron chi connectivity index (χ0n) is 11.3. The first-order valence-corrected chi connectivity index (χ1v) is 7.44. The molecule has 1 atom stereocenters. The summed E-state index contributed by atoms with van der Waals surface area (Å²) in [5, 5.41) is 4.31. The Balaban J connectivity index is 2.25. The van der Waals surface area contributed by atoms with E-state index in [-0.39, 0.29) is 6.04 Å². The second-order valence-corrected chi connectivity index (χ2v) is 6.10. The number of rotatable bonds is 3. The van der Waals surface area contributed by atoms with Crippen LogP contribution in [0.4, 0.5) is 5.69 Å². The van der Waals surface area contributed by atoms with Crippen molar-refractivity contribution in [1.29, 1.82) is 0 Å². The van der Waals surface area contributed by atoms with Crippen LogP contribution in [0.3, 0.4) is 0 Å². The number of anilines is 1. The van der Waals surface area contributed by atoms with Gasteiger partial charge in [0.1, 0.15) is 0 Å². The number of halogens is 2. The summed E-state index contributed by atoms with van der Waals surface area (Å²) in [7, 11) is 0. The highest BCUT2D eigenvalue weighted by molar-refractivity contribution is 9.10. The molecule has 0 aromatic heterocycles. The molecule has 1 nitrogen and oxygen atoms in total. The van der Waals surface area contributed by atoms with Gasteiger partial charge in [-0.25, -0.2) is 0 Å². The lowest BCUT2D eigenvalue weighted by Crippen LogP contribution is -2.08. The molecule has 0 fully saturated rings. The number of hydrogen-bond acceptors (Lipinski definition) is 1. The molecule has 0 bridgehead atoms. The van der Waals surface area contributed by atoms with Gasteiger partial charge in [0.25, 0.3) is 0 Å². The van der Waals surface area contributed by atoms with Gasteiger partial charge in [0, 0.05) is 15.2 Å². The molecule has 0 radical (unpaired) electrons. The lowest BCUT2D eigenvalue weighted by molar-refractivity contribution is 0.882. The van der Waals surface area contributed by atoms with Gasteiger partial charge in [0.15, 0.2) is 0 Å². The summed E-state index contributed by atoms with van der Waals surface area (Å²) in [6, 6.07) is 12.5. The van der Waals surface area contributed by atoms with E-state index in [0.29, 0.717) is 0 Å². The van der Waals surface area contributed by atoms with Gasteiger partial charge in [-0.1, -0.05) is 45.7 Å². The summed E-state index contributed by atoms with van der Waals surface area (Å²) in [6.45, 7) is 6.38. The van der Waals surface area contributed by atoms with E-state index in [0.717, 1.165) is 20.7 Å². The smallest absolute Gasteiger partial charge is 0.0500 e. The third-order valence-corrected chi connectivity index (χ3v) is 4.23. The Bertz CT molecular complexity index is 595. The first kappa shape index (κ1) is 14.4. The average molecular weight is 339 g/mol. The third-order valence-electron chi connectivity index (χ3n) is 3.41. The molecule has 0 aliphatic rings. The fourth-order valence-corrected chi connectivity index (χ4v) is 2.91. The van der Waals surface area contributed by atoms with Crippen molar-refractivity contribution in [3.63, 3.8) is 0 Å². The predicted molar refractivity (Wildman–Crippen MR) is 87.1 cm³/mol. The van der Waals surface area contributed by atoms with Crippen LogP contribution in [0.5, 0.6) is 0 Å². The monoisotopic (exact) mass is 337 g/mol. The normalized spacial score (nSPS) is 12.3. The first-order valence-electron chi connectivity index (χ1n) is 6.26. The lowest BCUT2D eigenvalue weighted by atomic mass is 10.1. The van der Waals surface area contributed by atoms with E-state index in [9.17, 15) is 0 Å². The Hall–Kier alpha value is -0.990. The average Bonchev–Trinajstić information content (AvgIpc) is 2.34. The van der Waals surface area contributed by atoms with Crippen molar-refractivity contribution in [3.05, 3.63) is 62.6 Å². The van der Waals surface area contributed by atoms with Crippen LogP contribution in [0.1, 0.15) is 29.7 Å². The van der Waals surface area contributed by atoms with Crippen LogP contribution in [0.25, 0.3) is 0 Å². The summed E-state index contributed by atoms with van der Waals surface area (Å²) < 4.78 is 1.00. The Morgan fingerprint density at radius 2 is 1.89 bits per heavy atom. The highest BCUT2D eigenvalue weighted by atomic mass is 79.9. The third kappa shape index (κ3) is 3.31. The molecule has 0 aliphatic heterocycles. The maximum absolute atomic E-state index is 6.29. The van der Waals surface area contributed by atoms with E-state index in [1.54, 1.807) is 0 Å². The Labute approximate surface area is 128 Å². The van der Waals surface area contributed by atoms with E-state index in [1.807, 2.05) is 12.1 Å². The van der Waals surface area contributed by atoms with Crippen LogP contribution in [0, 0.1) is 13.8 Å². The van der Waals surface area contributed by atoms with Gasteiger partial charge < -0.3 is 5.32 Å². The number of nitrogens with one attached hydrogen (secondary N) is 1. The Morgan fingerprint density at radius 3 is 2.58 bits per heavy atom. The second-order valence-electron chi connectivity index (χ2n) is 4.78. The molecule has 0 amide bonds. The van der Waals surface area contributed by atoms with Crippen molar-refractivity contribution in [2.45, 2.75) is 26.8 Å². The van der Waals surface area contributed by atoms with Crippen molar-refractivity contribution in [1.82, 2.24) is 0 Å². The standard InChI is InChI=1S/C16H17BrClN/c1-10-5-4-6-16(11(10)2)19-12(3)14-8-7-13(17)9-15(14)18/h4-9,12,19H,1-3H3. The summed E-state index contributed by atoms with van der Waals surface area (Å²) in [4.78, 5) is 0. The molecule has 0 heterocycles. The minimum atomic E-state index is 0.168. The molecule has 2 rings (SSSR count). The molecule has 2 aromatic carbocycles. The first-order chi connectivity index (χ1) is 8.99. The van der Waals surface area contributed by atoms with Crippen molar-refractivity contribution in [2.24, 2.45) is 0 Å². The van der Waals surface area contributed by atoms with Crippen LogP contribution >= 0.6 is 27.5 Å². The molecule has 100 valence electrons. The van der Waals surface area contributed by atoms with Crippen molar-refractivity contribution >= 4 is 33.2 Å². The zero-order chi connectivity index (χ0) is 14.0. The maximum Gasteiger partial charge on any atom is 0.0500 e. The highest BCUT2D eigenvalue weighted by Gasteiger charge is 2.11. The van der Waals surface area contributed by atoms with Crippen molar-refractivity contribution in [2.75, 3.05) is 5.32 Å². The van der Waals surface area contributed by atoms with E-state index in [2.05, 4.69) is 66.3 Å². The number of benzene rings is 2. The molecular formula is C16H17BrClN. The topological polar surface area (TPSA) is 12.0 Å². The minimum Gasteiger partial charge on any atom is -0.378 e. The van der Waals surface area contributed by atoms with Gasteiger partial charge in [-0.15, -0.1) is 0 Å². The zero-order valence-corrected chi connectivity index (χ0v) is 13.6.